The summed E-state index contributed by atoms with van der Waals surface area (Å²) in [5.41, 5.74) is 2.61. The molecule has 0 heterocycles. The Bertz CT molecular complexity index is 850. The molecule has 0 saturated heterocycles. The number of ether oxygens (including phenoxy) is 2. The first-order chi connectivity index (χ1) is 12.7. The van der Waals surface area contributed by atoms with Crippen molar-refractivity contribution in [3.05, 3.63) is 56.0 Å². The van der Waals surface area contributed by atoms with Crippen molar-refractivity contribution in [1.29, 1.82) is 0 Å². The summed E-state index contributed by atoms with van der Waals surface area (Å²) in [7, 11) is 0. The Kier molecular flexibility index (Phi) is 7.53. The van der Waals surface area contributed by atoms with Gasteiger partial charge in [-0.3, -0.25) is 4.79 Å². The van der Waals surface area contributed by atoms with Crippen LogP contribution in [0.1, 0.15) is 18.1 Å². The molecule has 1 N–H and O–H groups in total. The molecular formula is C19H18BrCl2NO4. The van der Waals surface area contributed by atoms with E-state index in [-0.39, 0.29) is 5.02 Å². The van der Waals surface area contributed by atoms with Gasteiger partial charge in [-0.1, -0.05) is 39.1 Å². The maximum Gasteiger partial charge on any atom is 0.347 e. The lowest BCUT2D eigenvalue weighted by molar-refractivity contribution is -0.153. The van der Waals surface area contributed by atoms with E-state index in [2.05, 4.69) is 21.2 Å². The largest absolute Gasteiger partial charge is 0.477 e. The molecule has 27 heavy (non-hydrogen) atoms. The van der Waals surface area contributed by atoms with Gasteiger partial charge in [0, 0.05) is 15.2 Å². The number of nitrogens with one attached hydrogen (secondary N) is 1. The fourth-order valence-corrected chi connectivity index (χ4v) is 2.96. The first kappa shape index (κ1) is 21.5. The summed E-state index contributed by atoms with van der Waals surface area (Å²) >= 11 is 15.3. The molecule has 2 rings (SSSR count). The summed E-state index contributed by atoms with van der Waals surface area (Å²) in [5, 5.41) is 3.43. The molecule has 0 spiro atoms. The number of carbonyl (C=O) groups excluding carboxylic acids is 2. The lowest BCUT2D eigenvalue weighted by Crippen LogP contribution is -2.29. The molecular weight excluding hydrogens is 457 g/mol. The van der Waals surface area contributed by atoms with E-state index >= 15 is 0 Å². The van der Waals surface area contributed by atoms with E-state index in [4.69, 9.17) is 32.7 Å². The maximum absolute atomic E-state index is 12.0. The number of hydrogen-bond donors (Lipinski definition) is 1. The van der Waals surface area contributed by atoms with Crippen molar-refractivity contribution >= 4 is 56.7 Å². The van der Waals surface area contributed by atoms with Crippen LogP contribution in [0.2, 0.25) is 10.0 Å². The van der Waals surface area contributed by atoms with E-state index in [1.807, 2.05) is 26.0 Å². The molecule has 0 aliphatic heterocycles. The zero-order chi connectivity index (χ0) is 20.1. The molecule has 0 fully saturated rings. The number of halogens is 3. The number of aryl methyl sites for hydroxylation is 2. The highest BCUT2D eigenvalue weighted by atomic mass is 79.9. The molecule has 0 aliphatic rings. The van der Waals surface area contributed by atoms with Gasteiger partial charge < -0.3 is 14.8 Å². The van der Waals surface area contributed by atoms with Crippen LogP contribution in [0.25, 0.3) is 0 Å². The van der Waals surface area contributed by atoms with Crippen LogP contribution in [0.15, 0.2) is 34.8 Å². The zero-order valence-electron chi connectivity index (χ0n) is 14.9. The van der Waals surface area contributed by atoms with Crippen LogP contribution < -0.4 is 10.1 Å². The molecule has 5 nitrogen and oxygen atoms in total. The van der Waals surface area contributed by atoms with Crippen molar-refractivity contribution in [3.63, 3.8) is 0 Å². The minimum Gasteiger partial charge on any atom is -0.477 e. The van der Waals surface area contributed by atoms with Crippen molar-refractivity contribution < 1.29 is 19.1 Å². The van der Waals surface area contributed by atoms with Crippen molar-refractivity contribution in [2.45, 2.75) is 26.9 Å². The predicted octanol–water partition coefficient (Wildman–Crippen LogP) is 5.32. The lowest BCUT2D eigenvalue weighted by Gasteiger charge is -2.15. The Morgan fingerprint density at radius 2 is 1.78 bits per heavy atom. The van der Waals surface area contributed by atoms with E-state index in [9.17, 15) is 9.59 Å². The van der Waals surface area contributed by atoms with Gasteiger partial charge in [-0.25, -0.2) is 4.79 Å². The van der Waals surface area contributed by atoms with Gasteiger partial charge in [-0.2, -0.15) is 0 Å². The van der Waals surface area contributed by atoms with Crippen molar-refractivity contribution in [1.82, 2.24) is 0 Å². The highest BCUT2D eigenvalue weighted by molar-refractivity contribution is 9.10. The molecule has 0 saturated carbocycles. The fraction of sp³-hybridized carbons (Fsp3) is 0.263. The summed E-state index contributed by atoms with van der Waals surface area (Å²) in [4.78, 5) is 24.1. The van der Waals surface area contributed by atoms with Crippen molar-refractivity contribution in [2.24, 2.45) is 0 Å². The number of benzene rings is 2. The van der Waals surface area contributed by atoms with Gasteiger partial charge in [0.2, 0.25) is 0 Å². The van der Waals surface area contributed by atoms with E-state index < -0.39 is 24.6 Å². The minimum absolute atomic E-state index is 0.279. The molecule has 144 valence electrons. The van der Waals surface area contributed by atoms with Gasteiger partial charge in [0.25, 0.3) is 5.91 Å². The molecule has 2 aromatic rings. The van der Waals surface area contributed by atoms with E-state index in [0.717, 1.165) is 15.6 Å². The standard InChI is InChI=1S/C19H18BrCl2NO4/c1-10-6-14(7-11(2)18(10)20)23-17(24)9-26-19(25)12(3)27-16-5-4-13(21)8-15(16)22/h4-8,12H,9H2,1-3H3,(H,23,24)/t12-/m1/s1. The molecule has 0 bridgehead atoms. The fourth-order valence-electron chi connectivity index (χ4n) is 2.28. The first-order valence-corrected chi connectivity index (χ1v) is 9.57. The number of esters is 1. The van der Waals surface area contributed by atoms with E-state index in [1.165, 1.54) is 13.0 Å². The average Bonchev–Trinajstić information content (AvgIpc) is 2.59. The van der Waals surface area contributed by atoms with Crippen LogP contribution in [-0.2, 0) is 14.3 Å². The summed E-state index contributed by atoms with van der Waals surface area (Å²) in [6, 6.07) is 8.30. The molecule has 1 atom stereocenters. The molecule has 0 radical (unpaired) electrons. The van der Waals surface area contributed by atoms with Gasteiger partial charge in [-0.05, 0) is 62.2 Å². The van der Waals surface area contributed by atoms with Crippen LogP contribution in [0.4, 0.5) is 5.69 Å². The number of hydrogen-bond acceptors (Lipinski definition) is 4. The highest BCUT2D eigenvalue weighted by Gasteiger charge is 2.19. The number of amides is 1. The molecule has 2 aromatic carbocycles. The SMILES string of the molecule is Cc1cc(NC(=O)COC(=O)[C@@H](C)Oc2ccc(Cl)cc2Cl)cc(C)c1Br. The van der Waals surface area contributed by atoms with E-state index in [0.29, 0.717) is 16.5 Å². The number of carbonyl (C=O) groups is 2. The molecule has 0 aromatic heterocycles. The second kappa shape index (κ2) is 9.44. The third-order valence-electron chi connectivity index (χ3n) is 3.60. The molecule has 0 aliphatic carbocycles. The molecule has 0 unspecified atom stereocenters. The Morgan fingerprint density at radius 3 is 2.37 bits per heavy atom. The highest BCUT2D eigenvalue weighted by Crippen LogP contribution is 2.28. The normalized spacial score (nSPS) is 11.6. The Morgan fingerprint density at radius 1 is 1.15 bits per heavy atom. The van der Waals surface area contributed by atoms with Gasteiger partial charge in [-0.15, -0.1) is 0 Å². The minimum atomic E-state index is -0.936. The van der Waals surface area contributed by atoms with Gasteiger partial charge in [0.15, 0.2) is 12.7 Å². The predicted molar refractivity (Wildman–Crippen MR) is 110 cm³/mol. The molecule has 1 amide bonds. The average molecular weight is 475 g/mol. The summed E-state index contributed by atoms with van der Waals surface area (Å²) in [5.74, 6) is -0.823. The Labute approximate surface area is 176 Å². The van der Waals surface area contributed by atoms with Gasteiger partial charge >= 0.3 is 5.97 Å². The maximum atomic E-state index is 12.0. The Hall–Kier alpha value is -1.76. The third kappa shape index (κ3) is 6.13. The van der Waals surface area contributed by atoms with Crippen LogP contribution in [0, 0.1) is 13.8 Å². The smallest absolute Gasteiger partial charge is 0.347 e. The first-order valence-electron chi connectivity index (χ1n) is 8.02. The second-order valence-electron chi connectivity index (χ2n) is 5.91. The quantitative estimate of drug-likeness (QED) is 0.575. The number of anilines is 1. The van der Waals surface area contributed by atoms with Crippen LogP contribution in [-0.4, -0.2) is 24.6 Å². The monoisotopic (exact) mass is 473 g/mol. The summed E-state index contributed by atoms with van der Waals surface area (Å²) in [6.07, 6.45) is -0.936. The van der Waals surface area contributed by atoms with Crippen LogP contribution >= 0.6 is 39.1 Å². The van der Waals surface area contributed by atoms with Gasteiger partial charge in [0.05, 0.1) is 5.02 Å². The van der Waals surface area contributed by atoms with Crippen molar-refractivity contribution in [2.75, 3.05) is 11.9 Å². The van der Waals surface area contributed by atoms with Crippen LogP contribution in [0.5, 0.6) is 5.75 Å². The second-order valence-corrected chi connectivity index (χ2v) is 7.55. The van der Waals surface area contributed by atoms with Crippen LogP contribution in [0.3, 0.4) is 0 Å². The topological polar surface area (TPSA) is 64.6 Å². The molecule has 8 heteroatoms. The van der Waals surface area contributed by atoms with E-state index in [1.54, 1.807) is 12.1 Å². The van der Waals surface area contributed by atoms with Gasteiger partial charge in [0.1, 0.15) is 5.75 Å². The zero-order valence-corrected chi connectivity index (χ0v) is 18.0. The van der Waals surface area contributed by atoms with Crippen molar-refractivity contribution in [3.8, 4) is 5.75 Å². The Balaban J connectivity index is 1.87. The summed E-state index contributed by atoms with van der Waals surface area (Å²) in [6.45, 7) is 4.93. The number of rotatable bonds is 6. The summed E-state index contributed by atoms with van der Waals surface area (Å²) < 4.78 is 11.4. The lowest BCUT2D eigenvalue weighted by atomic mass is 10.1. The third-order valence-corrected chi connectivity index (χ3v) is 5.38.